The third-order valence-electron chi connectivity index (χ3n) is 3.33. The van der Waals surface area contributed by atoms with E-state index in [0.29, 0.717) is 5.92 Å². The summed E-state index contributed by atoms with van der Waals surface area (Å²) in [5.41, 5.74) is -0.127. The number of hydrogen-bond acceptors (Lipinski definition) is 3. The molecule has 1 aliphatic rings. The largest absolute Gasteiger partial charge is 0.378 e. The van der Waals surface area contributed by atoms with Crippen LogP contribution in [-0.2, 0) is 14.2 Å². The Balaban J connectivity index is 2.71. The maximum atomic E-state index is 5.64. The van der Waals surface area contributed by atoms with Crippen LogP contribution in [0.2, 0.25) is 0 Å². The maximum Gasteiger partial charge on any atom is 0.160 e. The van der Waals surface area contributed by atoms with Gasteiger partial charge in [-0.25, -0.2) is 0 Å². The van der Waals surface area contributed by atoms with Crippen LogP contribution in [0, 0.1) is 5.92 Å². The first-order valence-electron chi connectivity index (χ1n) is 4.77. The zero-order chi connectivity index (χ0) is 10.1. The zero-order valence-corrected chi connectivity index (χ0v) is 9.16. The van der Waals surface area contributed by atoms with Crippen LogP contribution in [0.5, 0.6) is 0 Å². The quantitative estimate of drug-likeness (QED) is 0.661. The van der Waals surface area contributed by atoms with Crippen LogP contribution < -0.4 is 0 Å². The van der Waals surface area contributed by atoms with Gasteiger partial charge < -0.3 is 14.2 Å². The Morgan fingerprint density at radius 1 is 1.31 bits per heavy atom. The molecule has 0 bridgehead atoms. The zero-order valence-electron chi connectivity index (χ0n) is 9.16. The number of hydrogen-bond donors (Lipinski definition) is 0. The molecule has 13 heavy (non-hydrogen) atoms. The van der Waals surface area contributed by atoms with Crippen molar-refractivity contribution in [2.45, 2.75) is 45.2 Å². The van der Waals surface area contributed by atoms with Gasteiger partial charge in [-0.3, -0.25) is 0 Å². The van der Waals surface area contributed by atoms with Crippen LogP contribution in [0.15, 0.2) is 0 Å². The monoisotopic (exact) mass is 188 g/mol. The van der Waals surface area contributed by atoms with Gasteiger partial charge >= 0.3 is 0 Å². The van der Waals surface area contributed by atoms with E-state index in [1.165, 1.54) is 0 Å². The summed E-state index contributed by atoms with van der Waals surface area (Å²) >= 11 is 0. The first-order valence-corrected chi connectivity index (χ1v) is 4.77. The average molecular weight is 188 g/mol. The lowest BCUT2D eigenvalue weighted by Crippen LogP contribution is -2.51. The lowest BCUT2D eigenvalue weighted by molar-refractivity contribution is -0.251. The van der Waals surface area contributed by atoms with Gasteiger partial charge in [0, 0.05) is 26.6 Å². The summed E-state index contributed by atoms with van der Waals surface area (Å²) in [6.07, 6.45) is 0.852. The minimum absolute atomic E-state index is 0.127. The molecule has 78 valence electrons. The van der Waals surface area contributed by atoms with Crippen molar-refractivity contribution in [3.8, 4) is 0 Å². The molecule has 0 aliphatic carbocycles. The SMILES string of the molecule is CO[C@H]1CC(C)(OC)[C@@H](C)C(C)O1. The Bertz CT molecular complexity index is 172. The fourth-order valence-corrected chi connectivity index (χ4v) is 1.83. The van der Waals surface area contributed by atoms with E-state index in [1.807, 2.05) is 0 Å². The molecule has 0 spiro atoms. The van der Waals surface area contributed by atoms with Crippen LogP contribution >= 0.6 is 0 Å². The summed E-state index contributed by atoms with van der Waals surface area (Å²) in [5, 5.41) is 0. The summed E-state index contributed by atoms with van der Waals surface area (Å²) in [4.78, 5) is 0. The van der Waals surface area contributed by atoms with Crippen molar-refractivity contribution in [1.29, 1.82) is 0 Å². The predicted molar refractivity (Wildman–Crippen MR) is 50.5 cm³/mol. The van der Waals surface area contributed by atoms with Crippen molar-refractivity contribution in [2.75, 3.05) is 14.2 Å². The topological polar surface area (TPSA) is 27.7 Å². The molecule has 0 aromatic carbocycles. The van der Waals surface area contributed by atoms with E-state index in [0.717, 1.165) is 6.42 Å². The van der Waals surface area contributed by atoms with Crippen LogP contribution in [0.3, 0.4) is 0 Å². The molecule has 1 aliphatic heterocycles. The Kier molecular flexibility index (Phi) is 3.33. The summed E-state index contributed by atoms with van der Waals surface area (Å²) in [6, 6.07) is 0. The van der Waals surface area contributed by atoms with Crippen LogP contribution in [0.25, 0.3) is 0 Å². The van der Waals surface area contributed by atoms with E-state index in [9.17, 15) is 0 Å². The molecular formula is C10H20O3. The summed E-state index contributed by atoms with van der Waals surface area (Å²) in [7, 11) is 3.42. The molecule has 0 N–H and O–H groups in total. The molecule has 4 atom stereocenters. The molecule has 2 unspecified atom stereocenters. The van der Waals surface area contributed by atoms with Gasteiger partial charge in [0.15, 0.2) is 6.29 Å². The van der Waals surface area contributed by atoms with Crippen molar-refractivity contribution >= 4 is 0 Å². The first kappa shape index (κ1) is 11.0. The third-order valence-corrected chi connectivity index (χ3v) is 3.33. The van der Waals surface area contributed by atoms with Crippen LogP contribution in [0.4, 0.5) is 0 Å². The fourth-order valence-electron chi connectivity index (χ4n) is 1.83. The molecule has 0 radical (unpaired) electrons. The second kappa shape index (κ2) is 3.95. The standard InChI is InChI=1S/C10H20O3/c1-7-8(2)13-9(11-4)6-10(7,3)12-5/h7-9H,6H2,1-5H3/t7-,8?,9+,10?/m0/s1. The van der Waals surface area contributed by atoms with E-state index < -0.39 is 0 Å². The van der Waals surface area contributed by atoms with Gasteiger partial charge in [-0.2, -0.15) is 0 Å². The van der Waals surface area contributed by atoms with Gasteiger partial charge in [-0.15, -0.1) is 0 Å². The number of methoxy groups -OCH3 is 2. The van der Waals surface area contributed by atoms with Crippen molar-refractivity contribution in [3.05, 3.63) is 0 Å². The summed E-state index contributed by atoms with van der Waals surface area (Å²) in [5.74, 6) is 0.392. The van der Waals surface area contributed by atoms with Crippen LogP contribution in [-0.4, -0.2) is 32.2 Å². The first-order chi connectivity index (χ1) is 6.03. The Morgan fingerprint density at radius 2 is 1.92 bits per heavy atom. The third kappa shape index (κ3) is 2.03. The highest BCUT2D eigenvalue weighted by atomic mass is 16.7. The molecular weight excluding hydrogens is 168 g/mol. The van der Waals surface area contributed by atoms with E-state index in [2.05, 4.69) is 20.8 Å². The second-order valence-corrected chi connectivity index (χ2v) is 4.02. The molecule has 3 nitrogen and oxygen atoms in total. The Labute approximate surface area is 80.4 Å². The minimum Gasteiger partial charge on any atom is -0.378 e. The molecule has 3 heteroatoms. The van der Waals surface area contributed by atoms with Gasteiger partial charge in [0.2, 0.25) is 0 Å². The van der Waals surface area contributed by atoms with Gasteiger partial charge in [0.1, 0.15) is 0 Å². The predicted octanol–water partition coefficient (Wildman–Crippen LogP) is 1.81. The molecule has 0 aromatic rings. The van der Waals surface area contributed by atoms with Gasteiger partial charge in [0.25, 0.3) is 0 Å². The molecule has 1 saturated heterocycles. The average Bonchev–Trinajstić information content (AvgIpc) is 2.13. The molecule has 0 aromatic heterocycles. The number of ether oxygens (including phenoxy) is 3. The van der Waals surface area contributed by atoms with E-state index in [1.54, 1.807) is 14.2 Å². The highest BCUT2D eigenvalue weighted by molar-refractivity contribution is 4.89. The van der Waals surface area contributed by atoms with Crippen molar-refractivity contribution in [2.24, 2.45) is 5.92 Å². The molecule has 1 heterocycles. The molecule has 1 rings (SSSR count). The molecule has 0 amide bonds. The van der Waals surface area contributed by atoms with Gasteiger partial charge in [0.05, 0.1) is 11.7 Å². The smallest absolute Gasteiger partial charge is 0.160 e. The summed E-state index contributed by atoms with van der Waals surface area (Å²) in [6.45, 7) is 6.33. The Morgan fingerprint density at radius 3 is 2.38 bits per heavy atom. The van der Waals surface area contributed by atoms with Crippen molar-refractivity contribution in [3.63, 3.8) is 0 Å². The highest BCUT2D eigenvalue weighted by Gasteiger charge is 2.42. The van der Waals surface area contributed by atoms with Crippen molar-refractivity contribution in [1.82, 2.24) is 0 Å². The second-order valence-electron chi connectivity index (χ2n) is 4.02. The van der Waals surface area contributed by atoms with E-state index >= 15 is 0 Å². The lowest BCUT2D eigenvalue weighted by Gasteiger charge is -2.45. The van der Waals surface area contributed by atoms with Gasteiger partial charge in [-0.05, 0) is 13.8 Å². The van der Waals surface area contributed by atoms with Gasteiger partial charge in [-0.1, -0.05) is 6.92 Å². The minimum atomic E-state index is -0.129. The highest BCUT2D eigenvalue weighted by Crippen LogP contribution is 2.36. The molecule has 0 saturated carbocycles. The normalized spacial score (nSPS) is 46.4. The molecule has 1 fully saturated rings. The lowest BCUT2D eigenvalue weighted by atomic mass is 9.81. The van der Waals surface area contributed by atoms with E-state index in [4.69, 9.17) is 14.2 Å². The maximum absolute atomic E-state index is 5.64. The summed E-state index contributed by atoms with van der Waals surface area (Å²) < 4.78 is 16.4. The Hall–Kier alpha value is -0.120. The van der Waals surface area contributed by atoms with Crippen LogP contribution in [0.1, 0.15) is 27.2 Å². The fraction of sp³-hybridized carbons (Fsp3) is 1.00. The number of rotatable bonds is 2. The van der Waals surface area contributed by atoms with E-state index in [-0.39, 0.29) is 18.0 Å². The van der Waals surface area contributed by atoms with Crippen molar-refractivity contribution < 1.29 is 14.2 Å².